The lowest BCUT2D eigenvalue weighted by Gasteiger charge is -2.26. The molecule has 0 aliphatic rings. The first-order chi connectivity index (χ1) is 15.9. The minimum absolute atomic E-state index is 0.115. The Morgan fingerprint density at radius 2 is 1.33 bits per heavy atom. The largest absolute Gasteiger partial charge is 0.370 e. The van der Waals surface area contributed by atoms with Crippen molar-refractivity contribution >= 4 is 52.1 Å². The quantitative estimate of drug-likeness (QED) is 0.300. The van der Waals surface area contributed by atoms with Gasteiger partial charge in [-0.1, -0.05) is 48.2 Å². The first-order valence-corrected chi connectivity index (χ1v) is 11.7. The van der Waals surface area contributed by atoms with Gasteiger partial charge in [-0.15, -0.1) is 0 Å². The number of carbonyl (C=O) groups is 2. The molecule has 0 aliphatic carbocycles. The molecule has 0 saturated carbocycles. The monoisotopic (exact) mass is 483 g/mol. The van der Waals surface area contributed by atoms with Crippen LogP contribution < -0.4 is 16.0 Å². The summed E-state index contributed by atoms with van der Waals surface area (Å²) in [5.74, 6) is -0.383. The highest BCUT2D eigenvalue weighted by Crippen LogP contribution is 2.36. The van der Waals surface area contributed by atoms with Crippen LogP contribution in [0, 0.1) is 0 Å². The van der Waals surface area contributed by atoms with Crippen LogP contribution in [0.3, 0.4) is 0 Å². The number of nitrogens with zero attached hydrogens (tertiary/aromatic N) is 1. The SMILES string of the molecule is NC(=O)CCCCCCNC(=O)c1ccc(N(c2cccc(Cl)c2)c2cccc(Cl)c2)cc1. The highest BCUT2D eigenvalue weighted by atomic mass is 35.5. The second kappa shape index (κ2) is 12.3. The summed E-state index contributed by atoms with van der Waals surface area (Å²) in [4.78, 5) is 25.3. The van der Waals surface area contributed by atoms with Gasteiger partial charge in [-0.05, 0) is 73.5 Å². The Kier molecular flexibility index (Phi) is 9.16. The number of benzene rings is 3. The van der Waals surface area contributed by atoms with E-state index in [-0.39, 0.29) is 11.8 Å². The fraction of sp³-hybridized carbons (Fsp3) is 0.231. The van der Waals surface area contributed by atoms with Gasteiger partial charge in [-0.3, -0.25) is 9.59 Å². The molecule has 5 nitrogen and oxygen atoms in total. The van der Waals surface area contributed by atoms with E-state index in [2.05, 4.69) is 5.32 Å². The van der Waals surface area contributed by atoms with Gasteiger partial charge < -0.3 is 16.0 Å². The number of carbonyl (C=O) groups excluding carboxylic acids is 2. The third-order valence-electron chi connectivity index (χ3n) is 5.16. The van der Waals surface area contributed by atoms with Crippen LogP contribution in [0.5, 0.6) is 0 Å². The number of primary amides is 1. The van der Waals surface area contributed by atoms with Crippen molar-refractivity contribution in [3.05, 3.63) is 88.4 Å². The molecule has 3 rings (SSSR count). The molecule has 0 saturated heterocycles. The Bertz CT molecular complexity index is 1040. The molecule has 0 spiro atoms. The molecule has 0 aromatic heterocycles. The minimum atomic E-state index is -0.268. The van der Waals surface area contributed by atoms with E-state index in [1.54, 1.807) is 12.1 Å². The highest BCUT2D eigenvalue weighted by molar-refractivity contribution is 6.31. The first-order valence-electron chi connectivity index (χ1n) is 10.9. The van der Waals surface area contributed by atoms with Gasteiger partial charge in [-0.2, -0.15) is 0 Å². The molecule has 3 N–H and O–H groups in total. The maximum Gasteiger partial charge on any atom is 0.251 e. The summed E-state index contributed by atoms with van der Waals surface area (Å²) >= 11 is 12.5. The Labute approximate surface area is 204 Å². The molecule has 0 heterocycles. The summed E-state index contributed by atoms with van der Waals surface area (Å²) in [6.45, 7) is 0.592. The maximum atomic E-state index is 12.5. The zero-order valence-electron chi connectivity index (χ0n) is 18.3. The average Bonchev–Trinajstić information content (AvgIpc) is 2.79. The predicted octanol–water partition coefficient (Wildman–Crippen LogP) is 6.63. The third-order valence-corrected chi connectivity index (χ3v) is 5.63. The van der Waals surface area contributed by atoms with E-state index in [1.807, 2.05) is 65.6 Å². The number of amides is 2. The van der Waals surface area contributed by atoms with Crippen LogP contribution in [0.4, 0.5) is 17.1 Å². The Morgan fingerprint density at radius 1 is 0.758 bits per heavy atom. The molecule has 0 aliphatic heterocycles. The van der Waals surface area contributed by atoms with Crippen LogP contribution in [-0.4, -0.2) is 18.4 Å². The molecule has 33 heavy (non-hydrogen) atoms. The standard InChI is InChI=1S/C26H27Cl2N3O2/c27-20-7-5-9-23(17-20)31(24-10-6-8-21(28)18-24)22-14-12-19(13-15-22)26(33)30-16-4-2-1-3-11-25(29)32/h5-10,12-15,17-18H,1-4,11,16H2,(H2,29,32)(H,30,33). The van der Waals surface area contributed by atoms with E-state index < -0.39 is 0 Å². The molecule has 0 fully saturated rings. The number of halogens is 2. The summed E-state index contributed by atoms with van der Waals surface area (Å²) < 4.78 is 0. The van der Waals surface area contributed by atoms with Crippen LogP contribution in [0.25, 0.3) is 0 Å². The molecule has 3 aromatic carbocycles. The second-order valence-corrected chi connectivity index (χ2v) is 8.60. The molecule has 172 valence electrons. The Balaban J connectivity index is 1.67. The number of unbranched alkanes of at least 4 members (excludes halogenated alkanes) is 3. The van der Waals surface area contributed by atoms with Crippen molar-refractivity contribution in [1.82, 2.24) is 5.32 Å². The van der Waals surface area contributed by atoms with Crippen LogP contribution in [0.1, 0.15) is 42.5 Å². The molecule has 0 atom stereocenters. The van der Waals surface area contributed by atoms with Crippen molar-refractivity contribution in [2.75, 3.05) is 11.4 Å². The molecule has 3 aromatic rings. The van der Waals surface area contributed by atoms with Crippen molar-refractivity contribution in [1.29, 1.82) is 0 Å². The number of nitrogens with two attached hydrogens (primary N) is 1. The van der Waals surface area contributed by atoms with E-state index in [1.165, 1.54) is 0 Å². The Hall–Kier alpha value is -3.02. The van der Waals surface area contributed by atoms with Gasteiger partial charge >= 0.3 is 0 Å². The first kappa shape index (κ1) is 24.6. The van der Waals surface area contributed by atoms with Crippen molar-refractivity contribution < 1.29 is 9.59 Å². The van der Waals surface area contributed by atoms with Crippen molar-refractivity contribution in [3.63, 3.8) is 0 Å². The lowest BCUT2D eigenvalue weighted by molar-refractivity contribution is -0.118. The molecule has 0 radical (unpaired) electrons. The fourth-order valence-corrected chi connectivity index (χ4v) is 3.89. The number of rotatable bonds is 11. The van der Waals surface area contributed by atoms with Gasteiger partial charge in [0, 0.05) is 45.6 Å². The summed E-state index contributed by atoms with van der Waals surface area (Å²) in [5, 5.41) is 4.21. The molecular weight excluding hydrogens is 457 g/mol. The zero-order chi connectivity index (χ0) is 23.6. The second-order valence-electron chi connectivity index (χ2n) is 7.73. The number of nitrogens with one attached hydrogen (secondary N) is 1. The highest BCUT2D eigenvalue weighted by Gasteiger charge is 2.14. The summed E-state index contributed by atoms with van der Waals surface area (Å²) in [6, 6.07) is 22.6. The number of hydrogen-bond acceptors (Lipinski definition) is 3. The van der Waals surface area contributed by atoms with E-state index >= 15 is 0 Å². The number of hydrogen-bond donors (Lipinski definition) is 2. The van der Waals surface area contributed by atoms with Crippen LogP contribution in [0.15, 0.2) is 72.8 Å². The summed E-state index contributed by atoms with van der Waals surface area (Å²) in [6.07, 6.45) is 3.94. The smallest absolute Gasteiger partial charge is 0.251 e. The van der Waals surface area contributed by atoms with E-state index in [0.717, 1.165) is 42.7 Å². The molecule has 0 unspecified atom stereocenters. The summed E-state index contributed by atoms with van der Waals surface area (Å²) in [5.41, 5.74) is 8.38. The molecule has 0 bridgehead atoms. The molecule has 7 heteroatoms. The molecular formula is C26H27Cl2N3O2. The summed E-state index contributed by atoms with van der Waals surface area (Å²) in [7, 11) is 0. The minimum Gasteiger partial charge on any atom is -0.370 e. The van der Waals surface area contributed by atoms with Gasteiger partial charge in [0.2, 0.25) is 5.91 Å². The number of anilines is 3. The van der Waals surface area contributed by atoms with Crippen LogP contribution in [-0.2, 0) is 4.79 Å². The maximum absolute atomic E-state index is 12.5. The lowest BCUT2D eigenvalue weighted by Crippen LogP contribution is -2.24. The van der Waals surface area contributed by atoms with Crippen molar-refractivity contribution in [3.8, 4) is 0 Å². The fourth-order valence-electron chi connectivity index (χ4n) is 3.52. The van der Waals surface area contributed by atoms with Gasteiger partial charge in [0.1, 0.15) is 0 Å². The van der Waals surface area contributed by atoms with E-state index in [4.69, 9.17) is 28.9 Å². The topological polar surface area (TPSA) is 75.4 Å². The van der Waals surface area contributed by atoms with Crippen molar-refractivity contribution in [2.24, 2.45) is 5.73 Å². The van der Waals surface area contributed by atoms with E-state index in [9.17, 15) is 9.59 Å². The predicted molar refractivity (Wildman–Crippen MR) is 136 cm³/mol. The Morgan fingerprint density at radius 3 is 1.88 bits per heavy atom. The molecule has 2 amide bonds. The van der Waals surface area contributed by atoms with Crippen molar-refractivity contribution in [2.45, 2.75) is 32.1 Å². The van der Waals surface area contributed by atoms with Gasteiger partial charge in [0.15, 0.2) is 0 Å². The normalized spacial score (nSPS) is 10.6. The van der Waals surface area contributed by atoms with Crippen LogP contribution in [0.2, 0.25) is 10.0 Å². The van der Waals surface area contributed by atoms with E-state index in [0.29, 0.717) is 28.6 Å². The van der Waals surface area contributed by atoms with Gasteiger partial charge in [0.25, 0.3) is 5.91 Å². The third kappa shape index (κ3) is 7.52. The lowest BCUT2D eigenvalue weighted by atomic mass is 10.1. The van der Waals surface area contributed by atoms with Gasteiger partial charge in [0.05, 0.1) is 0 Å². The van der Waals surface area contributed by atoms with Crippen LogP contribution >= 0.6 is 23.2 Å². The average molecular weight is 484 g/mol. The zero-order valence-corrected chi connectivity index (χ0v) is 19.8. The van der Waals surface area contributed by atoms with Gasteiger partial charge in [-0.25, -0.2) is 0 Å².